The molecule has 0 aliphatic carbocycles. The second kappa shape index (κ2) is 6.90. The Labute approximate surface area is 152 Å². The van der Waals surface area contributed by atoms with Gasteiger partial charge in [-0.1, -0.05) is 12.1 Å². The Bertz CT molecular complexity index is 1050. The Morgan fingerprint density at radius 1 is 1.26 bits per heavy atom. The summed E-state index contributed by atoms with van der Waals surface area (Å²) >= 11 is 0. The van der Waals surface area contributed by atoms with Gasteiger partial charge in [-0.25, -0.2) is 9.67 Å². The summed E-state index contributed by atoms with van der Waals surface area (Å²) in [5, 5.41) is 4.71. The number of aryl methyl sites for hydroxylation is 1. The lowest BCUT2D eigenvalue weighted by Crippen LogP contribution is -2.13. The molecule has 3 aromatic rings. The van der Waals surface area contributed by atoms with E-state index >= 15 is 0 Å². The maximum Gasteiger partial charge on any atom is 0.416 e. The summed E-state index contributed by atoms with van der Waals surface area (Å²) in [4.78, 5) is 19.3. The number of nitrogens with zero attached hydrogens (tertiary/aromatic N) is 3. The van der Waals surface area contributed by atoms with E-state index in [9.17, 15) is 18.0 Å². The second-order valence-corrected chi connectivity index (χ2v) is 6.01. The van der Waals surface area contributed by atoms with E-state index in [4.69, 9.17) is 4.74 Å². The average Bonchev–Trinajstić information content (AvgIpc) is 2.97. The van der Waals surface area contributed by atoms with Crippen LogP contribution in [0.1, 0.15) is 35.6 Å². The zero-order valence-corrected chi connectivity index (χ0v) is 14.8. The van der Waals surface area contributed by atoms with Crippen molar-refractivity contribution in [3.63, 3.8) is 0 Å². The van der Waals surface area contributed by atoms with E-state index in [0.29, 0.717) is 22.7 Å². The van der Waals surface area contributed by atoms with Crippen LogP contribution in [0.3, 0.4) is 0 Å². The Morgan fingerprint density at radius 2 is 1.93 bits per heavy atom. The minimum Gasteiger partial charge on any atom is -0.504 e. The molecule has 1 unspecified atom stereocenters. The van der Waals surface area contributed by atoms with E-state index in [1.54, 1.807) is 13.8 Å². The first kappa shape index (κ1) is 18.7. The number of aromatic nitrogens is 4. The van der Waals surface area contributed by atoms with E-state index in [-0.39, 0.29) is 10.9 Å². The fourth-order valence-corrected chi connectivity index (χ4v) is 2.79. The van der Waals surface area contributed by atoms with Crippen LogP contribution in [0.5, 0.6) is 0 Å². The molecule has 1 atom stereocenters. The van der Waals surface area contributed by atoms with E-state index in [1.165, 1.54) is 36.3 Å². The van der Waals surface area contributed by atoms with Crippen LogP contribution in [0.15, 0.2) is 35.3 Å². The van der Waals surface area contributed by atoms with Crippen molar-refractivity contribution in [1.82, 2.24) is 19.7 Å². The van der Waals surface area contributed by atoms with Gasteiger partial charge in [0, 0.05) is 6.08 Å². The number of halogens is 3. The third kappa shape index (κ3) is 3.57. The molecule has 0 aliphatic rings. The van der Waals surface area contributed by atoms with Gasteiger partial charge in [0.05, 0.1) is 25.0 Å². The lowest BCUT2D eigenvalue weighted by atomic mass is 10.1. The highest BCUT2D eigenvalue weighted by Crippen LogP contribution is 2.31. The first-order chi connectivity index (χ1) is 12.7. The average molecular weight is 378 g/mol. The van der Waals surface area contributed by atoms with E-state index in [1.807, 2.05) is 0 Å². The largest absolute Gasteiger partial charge is 0.504 e. The number of alkyl halides is 3. The molecule has 9 heteroatoms. The van der Waals surface area contributed by atoms with Gasteiger partial charge >= 0.3 is 6.18 Å². The predicted molar refractivity (Wildman–Crippen MR) is 94.2 cm³/mol. The van der Waals surface area contributed by atoms with Crippen LogP contribution < -0.4 is 5.56 Å². The molecule has 6 nitrogen and oxygen atoms in total. The zero-order valence-electron chi connectivity index (χ0n) is 14.8. The number of methoxy groups -OCH3 is 1. The van der Waals surface area contributed by atoms with E-state index in [2.05, 4.69) is 15.1 Å². The summed E-state index contributed by atoms with van der Waals surface area (Å²) in [5.41, 5.74) is 0.241. The third-order valence-corrected chi connectivity index (χ3v) is 4.16. The molecule has 142 valence electrons. The third-order valence-electron chi connectivity index (χ3n) is 4.16. The molecule has 0 amide bonds. The Kier molecular flexibility index (Phi) is 4.77. The van der Waals surface area contributed by atoms with Crippen LogP contribution in [0.2, 0.25) is 0 Å². The summed E-state index contributed by atoms with van der Waals surface area (Å²) in [6.45, 7) is 3.42. The predicted octanol–water partition coefficient (Wildman–Crippen LogP) is 3.67. The van der Waals surface area contributed by atoms with Gasteiger partial charge in [0.1, 0.15) is 16.9 Å². The van der Waals surface area contributed by atoms with Crippen molar-refractivity contribution in [2.45, 2.75) is 26.1 Å². The SMILES string of the molecule is CO/C=C/c1nn(C(C)c2ccc(C(F)(F)F)cc2)c2nc(C)[nH]c(=O)c12. The Balaban J connectivity index is 2.13. The van der Waals surface area contributed by atoms with Gasteiger partial charge in [-0.2, -0.15) is 18.3 Å². The van der Waals surface area contributed by atoms with Crippen molar-refractivity contribution < 1.29 is 17.9 Å². The van der Waals surface area contributed by atoms with Gasteiger partial charge in [0.25, 0.3) is 5.56 Å². The standard InChI is InChI=1S/C18H17F3N4O2/c1-10(12-4-6-13(7-5-12)18(19,20)21)25-16-15(14(24-25)8-9-27-3)17(26)23-11(2)22-16/h4-10H,1-3H3,(H,22,23,26)/b9-8+. The lowest BCUT2D eigenvalue weighted by molar-refractivity contribution is -0.137. The number of H-pyrrole nitrogens is 1. The molecule has 2 aromatic heterocycles. The number of hydrogen-bond donors (Lipinski definition) is 1. The minimum atomic E-state index is -4.40. The molecule has 0 bridgehead atoms. The molecule has 27 heavy (non-hydrogen) atoms. The topological polar surface area (TPSA) is 72.8 Å². The molecule has 1 aromatic carbocycles. The van der Waals surface area contributed by atoms with Gasteiger partial charge in [-0.3, -0.25) is 4.79 Å². The van der Waals surface area contributed by atoms with Gasteiger partial charge in [-0.15, -0.1) is 0 Å². The summed E-state index contributed by atoms with van der Waals surface area (Å²) in [7, 11) is 1.47. The van der Waals surface area contributed by atoms with Gasteiger partial charge < -0.3 is 9.72 Å². The van der Waals surface area contributed by atoms with Crippen molar-refractivity contribution >= 4 is 17.1 Å². The Morgan fingerprint density at radius 3 is 2.52 bits per heavy atom. The van der Waals surface area contributed by atoms with E-state index in [0.717, 1.165) is 12.1 Å². The number of ether oxygens (including phenoxy) is 1. The zero-order chi connectivity index (χ0) is 19.8. The summed E-state index contributed by atoms with van der Waals surface area (Å²) in [6.07, 6.45) is -1.48. The van der Waals surface area contributed by atoms with Gasteiger partial charge in [-0.05, 0) is 31.5 Å². The van der Waals surface area contributed by atoms with Crippen molar-refractivity contribution in [3.8, 4) is 0 Å². The van der Waals surface area contributed by atoms with Crippen LogP contribution >= 0.6 is 0 Å². The monoisotopic (exact) mass is 378 g/mol. The summed E-state index contributed by atoms with van der Waals surface area (Å²) < 4.78 is 44.7. The Hall–Kier alpha value is -3.10. The molecule has 1 N–H and O–H groups in total. The lowest BCUT2D eigenvalue weighted by Gasteiger charge is -2.15. The maximum absolute atomic E-state index is 12.8. The molecule has 0 fully saturated rings. The van der Waals surface area contributed by atoms with Gasteiger partial charge in [0.2, 0.25) is 0 Å². The fraction of sp³-hybridized carbons (Fsp3) is 0.278. The molecule has 0 radical (unpaired) electrons. The van der Waals surface area contributed by atoms with Crippen molar-refractivity contribution in [2.24, 2.45) is 0 Å². The fourth-order valence-electron chi connectivity index (χ4n) is 2.79. The first-order valence-electron chi connectivity index (χ1n) is 8.08. The van der Waals surface area contributed by atoms with Crippen LogP contribution in [0.25, 0.3) is 17.1 Å². The quantitative estimate of drug-likeness (QED) is 0.703. The van der Waals surface area contributed by atoms with E-state index < -0.39 is 17.8 Å². The van der Waals surface area contributed by atoms with Crippen LogP contribution in [-0.2, 0) is 10.9 Å². The second-order valence-electron chi connectivity index (χ2n) is 6.01. The van der Waals surface area contributed by atoms with Crippen molar-refractivity contribution in [1.29, 1.82) is 0 Å². The van der Waals surface area contributed by atoms with Crippen molar-refractivity contribution in [2.75, 3.05) is 7.11 Å². The highest BCUT2D eigenvalue weighted by Gasteiger charge is 2.30. The van der Waals surface area contributed by atoms with Crippen LogP contribution in [-0.4, -0.2) is 26.9 Å². The molecular weight excluding hydrogens is 361 g/mol. The number of aromatic amines is 1. The minimum absolute atomic E-state index is 0.285. The van der Waals surface area contributed by atoms with Crippen LogP contribution in [0, 0.1) is 6.92 Å². The number of benzene rings is 1. The molecule has 0 saturated heterocycles. The number of nitrogens with one attached hydrogen (secondary N) is 1. The van der Waals surface area contributed by atoms with Crippen molar-refractivity contribution in [3.05, 3.63) is 63.5 Å². The maximum atomic E-state index is 12.8. The molecule has 2 heterocycles. The summed E-state index contributed by atoms with van der Waals surface area (Å²) in [5.74, 6) is 0.413. The highest BCUT2D eigenvalue weighted by molar-refractivity contribution is 5.83. The molecular formula is C18H17F3N4O2. The number of hydrogen-bond acceptors (Lipinski definition) is 4. The number of rotatable bonds is 4. The van der Waals surface area contributed by atoms with Gasteiger partial charge in [0.15, 0.2) is 5.65 Å². The normalized spacial score (nSPS) is 13.4. The first-order valence-corrected chi connectivity index (χ1v) is 8.08. The molecule has 0 spiro atoms. The molecule has 3 rings (SSSR count). The smallest absolute Gasteiger partial charge is 0.416 e. The molecule has 0 aliphatic heterocycles. The van der Waals surface area contributed by atoms with Crippen LogP contribution in [0.4, 0.5) is 13.2 Å². The highest BCUT2D eigenvalue weighted by atomic mass is 19.4. The summed E-state index contributed by atoms with van der Waals surface area (Å²) in [6, 6.07) is 4.40. The molecule has 0 saturated carbocycles. The number of fused-ring (bicyclic) bond motifs is 1.